The van der Waals surface area contributed by atoms with Gasteiger partial charge in [0.1, 0.15) is 18.4 Å². The highest BCUT2D eigenvalue weighted by atomic mass is 31.2. The highest BCUT2D eigenvalue weighted by Crippen LogP contribution is 2.44. The monoisotopic (exact) mass is 591 g/mol. The van der Waals surface area contributed by atoms with E-state index in [9.17, 15) is 8.96 Å². The predicted octanol–water partition coefficient (Wildman–Crippen LogP) is 5.23. The molecule has 0 aliphatic rings. The third-order valence-electron chi connectivity index (χ3n) is 7.00. The maximum Gasteiger partial charge on any atom is 0.350 e. The average molecular weight is 592 g/mol. The molecule has 0 fully saturated rings. The molecule has 1 unspecified atom stereocenters. The minimum absolute atomic E-state index is 0.0670. The Morgan fingerprint density at radius 3 is 1.95 bits per heavy atom. The van der Waals surface area contributed by atoms with Crippen LogP contribution in [0, 0.1) is 0 Å². The molecule has 1 atom stereocenters. The first kappa shape index (κ1) is 29.5. The number of hydrogen-bond acceptors (Lipinski definition) is 7. The summed E-state index contributed by atoms with van der Waals surface area (Å²) in [5, 5.41) is 0. The van der Waals surface area contributed by atoms with E-state index in [4.69, 9.17) is 29.3 Å². The number of aromatic nitrogens is 4. The summed E-state index contributed by atoms with van der Waals surface area (Å²) in [6, 6.07) is 29.0. The molecular formula is C30H31FN5O5P. The molecule has 0 aliphatic carbocycles. The molecule has 0 aliphatic heterocycles. The van der Waals surface area contributed by atoms with Gasteiger partial charge in [-0.25, -0.2) is 24.8 Å². The topological polar surface area (TPSA) is 132 Å². The summed E-state index contributed by atoms with van der Waals surface area (Å²) in [6.45, 7) is -0.846. The summed E-state index contributed by atoms with van der Waals surface area (Å²) >= 11 is 0. The molecule has 0 saturated carbocycles. The lowest BCUT2D eigenvalue weighted by molar-refractivity contribution is 0.138. The minimum Gasteiger partial charge on any atom is -0.369 e. The van der Waals surface area contributed by atoms with E-state index < -0.39 is 32.1 Å². The summed E-state index contributed by atoms with van der Waals surface area (Å²) in [5.74, 6) is 0.717. The number of fused-ring (bicyclic) bond motifs is 1. The largest absolute Gasteiger partial charge is 0.369 e. The Kier molecular flexibility index (Phi) is 9.06. The quantitative estimate of drug-likeness (QED) is 0.0729. The standard InChI is InChI=1S/C30H31FN5O5P/c1-40-35-27-26-28(36(20-32-26)25(19-31)17-18-41-21-42(37,38)39)34-29(33-27)30(22-11-5-2-6-12-22,23-13-7-3-8-14-23)24-15-9-4-10-16-24/h2-16,20,25H,17-19,21H2,1H3,(H,33,34,35)(H2,37,38,39). The number of alkyl halides is 1. The van der Waals surface area contributed by atoms with Crippen molar-refractivity contribution in [3.63, 3.8) is 0 Å². The first-order valence-corrected chi connectivity index (χ1v) is 15.1. The van der Waals surface area contributed by atoms with Crippen molar-refractivity contribution in [3.05, 3.63) is 120 Å². The first-order chi connectivity index (χ1) is 20.4. The highest BCUT2D eigenvalue weighted by molar-refractivity contribution is 7.51. The molecule has 0 bridgehead atoms. The molecule has 0 radical (unpaired) electrons. The van der Waals surface area contributed by atoms with Gasteiger partial charge in [0.15, 0.2) is 22.8 Å². The van der Waals surface area contributed by atoms with Crippen molar-refractivity contribution in [3.8, 4) is 0 Å². The number of anilines is 1. The fourth-order valence-electron chi connectivity index (χ4n) is 5.16. The van der Waals surface area contributed by atoms with Crippen LogP contribution in [0.1, 0.15) is 35.0 Å². The maximum atomic E-state index is 14.4. The third kappa shape index (κ3) is 5.97. The Morgan fingerprint density at radius 2 is 1.48 bits per heavy atom. The van der Waals surface area contributed by atoms with Gasteiger partial charge < -0.3 is 19.1 Å². The van der Waals surface area contributed by atoms with E-state index >= 15 is 0 Å². The van der Waals surface area contributed by atoms with Gasteiger partial charge in [0.25, 0.3) is 0 Å². The van der Waals surface area contributed by atoms with E-state index in [1.165, 1.54) is 13.4 Å². The van der Waals surface area contributed by atoms with Gasteiger partial charge in [-0.15, -0.1) is 0 Å². The molecule has 10 nitrogen and oxygen atoms in total. The fourth-order valence-corrected chi connectivity index (χ4v) is 5.53. The number of nitrogens with zero attached hydrogens (tertiary/aromatic N) is 4. The SMILES string of the molecule is CONc1nc(C(c2ccccc2)(c2ccccc2)c2ccccc2)nc2c1ncn2C(CF)CCOCP(=O)(O)O. The van der Waals surface area contributed by atoms with Crippen LogP contribution in [0.25, 0.3) is 11.2 Å². The first-order valence-electron chi connectivity index (χ1n) is 13.3. The Balaban J connectivity index is 1.74. The average Bonchev–Trinajstić information content (AvgIpc) is 3.43. The Labute approximate surface area is 242 Å². The summed E-state index contributed by atoms with van der Waals surface area (Å²) < 4.78 is 32.4. The summed E-state index contributed by atoms with van der Waals surface area (Å²) in [7, 11) is -2.87. The van der Waals surface area contributed by atoms with Crippen LogP contribution >= 0.6 is 7.60 Å². The summed E-state index contributed by atoms with van der Waals surface area (Å²) in [4.78, 5) is 38.0. The molecule has 42 heavy (non-hydrogen) atoms. The van der Waals surface area contributed by atoms with E-state index in [1.807, 2.05) is 91.0 Å². The fraction of sp³-hybridized carbons (Fsp3) is 0.233. The predicted molar refractivity (Wildman–Crippen MR) is 157 cm³/mol. The van der Waals surface area contributed by atoms with Gasteiger partial charge in [0.05, 0.1) is 19.5 Å². The molecular weight excluding hydrogens is 560 g/mol. The molecule has 3 N–H and O–H groups in total. The van der Waals surface area contributed by atoms with Crippen molar-refractivity contribution >= 4 is 24.6 Å². The van der Waals surface area contributed by atoms with Crippen LogP contribution in [-0.4, -0.2) is 56.0 Å². The molecule has 0 amide bonds. The summed E-state index contributed by atoms with van der Waals surface area (Å²) in [6.07, 6.45) is 0.876. The van der Waals surface area contributed by atoms with E-state index in [1.54, 1.807) is 4.57 Å². The zero-order valence-corrected chi connectivity index (χ0v) is 23.8. The van der Waals surface area contributed by atoms with Crippen molar-refractivity contribution in [2.24, 2.45) is 0 Å². The van der Waals surface area contributed by atoms with Crippen LogP contribution in [0.2, 0.25) is 0 Å². The number of rotatable bonds is 13. The van der Waals surface area contributed by atoms with Crippen molar-refractivity contribution in [2.75, 3.05) is 32.2 Å². The smallest absolute Gasteiger partial charge is 0.350 e. The number of imidazole rings is 1. The van der Waals surface area contributed by atoms with Crippen molar-refractivity contribution < 1.29 is 28.3 Å². The number of halogens is 1. The van der Waals surface area contributed by atoms with Crippen LogP contribution in [0.4, 0.5) is 10.2 Å². The van der Waals surface area contributed by atoms with Crippen LogP contribution in [0.3, 0.4) is 0 Å². The molecule has 0 saturated heterocycles. The van der Waals surface area contributed by atoms with Crippen molar-refractivity contribution in [1.29, 1.82) is 0 Å². The van der Waals surface area contributed by atoms with Gasteiger partial charge in [-0.1, -0.05) is 91.0 Å². The number of ether oxygens (including phenoxy) is 1. The zero-order valence-electron chi connectivity index (χ0n) is 22.9. The lowest BCUT2D eigenvalue weighted by Gasteiger charge is -2.34. The van der Waals surface area contributed by atoms with Crippen LogP contribution in [0.15, 0.2) is 97.3 Å². The second-order valence-electron chi connectivity index (χ2n) is 9.67. The Bertz CT molecular complexity index is 1550. The van der Waals surface area contributed by atoms with Gasteiger partial charge in [0.2, 0.25) is 0 Å². The Hall–Kier alpha value is -3.99. The second-order valence-corrected chi connectivity index (χ2v) is 11.3. The summed E-state index contributed by atoms with van der Waals surface area (Å²) in [5.41, 5.74) is 5.35. The van der Waals surface area contributed by atoms with E-state index in [0.29, 0.717) is 22.8 Å². The van der Waals surface area contributed by atoms with Crippen molar-refractivity contribution in [1.82, 2.24) is 19.5 Å². The lowest BCUT2D eigenvalue weighted by atomic mass is 9.68. The molecule has 2 aromatic heterocycles. The minimum atomic E-state index is -4.34. The van der Waals surface area contributed by atoms with Crippen LogP contribution in [-0.2, 0) is 19.6 Å². The number of hydrogen-bond donors (Lipinski definition) is 3. The molecule has 218 valence electrons. The molecule has 2 heterocycles. The van der Waals surface area contributed by atoms with Crippen molar-refractivity contribution in [2.45, 2.75) is 17.9 Å². The van der Waals surface area contributed by atoms with Crippen LogP contribution < -0.4 is 5.48 Å². The lowest BCUT2D eigenvalue weighted by Crippen LogP contribution is -2.33. The van der Waals surface area contributed by atoms with E-state index in [0.717, 1.165) is 16.7 Å². The van der Waals surface area contributed by atoms with Gasteiger partial charge in [0, 0.05) is 6.61 Å². The van der Waals surface area contributed by atoms with E-state index in [2.05, 4.69) is 10.5 Å². The number of benzene rings is 3. The van der Waals surface area contributed by atoms with Gasteiger partial charge >= 0.3 is 7.60 Å². The zero-order chi connectivity index (χ0) is 29.6. The Morgan fingerprint density at radius 1 is 0.929 bits per heavy atom. The third-order valence-corrected chi connectivity index (χ3v) is 7.52. The molecule has 0 spiro atoms. The molecule has 12 heteroatoms. The van der Waals surface area contributed by atoms with Gasteiger partial charge in [-0.3, -0.25) is 9.40 Å². The van der Waals surface area contributed by atoms with Gasteiger partial charge in [-0.05, 0) is 23.1 Å². The van der Waals surface area contributed by atoms with Gasteiger partial charge in [-0.2, -0.15) is 0 Å². The molecule has 5 aromatic rings. The molecule has 3 aromatic carbocycles. The molecule has 5 rings (SSSR count). The highest BCUT2D eigenvalue weighted by Gasteiger charge is 2.42. The van der Waals surface area contributed by atoms with E-state index in [-0.39, 0.29) is 13.0 Å². The normalized spacial score (nSPS) is 12.9. The number of nitrogens with one attached hydrogen (secondary N) is 1. The second kappa shape index (κ2) is 12.9. The maximum absolute atomic E-state index is 14.4. The van der Waals surface area contributed by atoms with Crippen LogP contribution in [0.5, 0.6) is 0 Å².